The Kier molecular flexibility index (Phi) is 6.59. The van der Waals surface area contributed by atoms with Gasteiger partial charge in [0.25, 0.3) is 11.8 Å². The maximum atomic E-state index is 13.1. The first-order valence-electron chi connectivity index (χ1n) is 9.91. The summed E-state index contributed by atoms with van der Waals surface area (Å²) in [6.45, 7) is 5.78. The van der Waals surface area contributed by atoms with Crippen LogP contribution in [0.2, 0.25) is 0 Å². The van der Waals surface area contributed by atoms with Crippen LogP contribution in [-0.2, 0) is 9.59 Å². The van der Waals surface area contributed by atoms with Gasteiger partial charge in [-0.15, -0.1) is 0 Å². The minimum absolute atomic E-state index is 0.170. The number of methoxy groups -OCH3 is 2. The predicted molar refractivity (Wildman–Crippen MR) is 119 cm³/mol. The highest BCUT2D eigenvalue weighted by Crippen LogP contribution is 2.29. The number of hydrogen-bond donors (Lipinski definition) is 1. The lowest BCUT2D eigenvalue weighted by Gasteiger charge is -2.27. The van der Waals surface area contributed by atoms with Gasteiger partial charge in [0.15, 0.2) is 0 Å². The second-order valence-electron chi connectivity index (χ2n) is 6.75. The Morgan fingerprint density at radius 1 is 0.968 bits per heavy atom. The molecule has 1 saturated heterocycles. The van der Waals surface area contributed by atoms with Crippen molar-refractivity contribution in [3.05, 3.63) is 53.6 Å². The number of imide groups is 2. The molecule has 1 fully saturated rings. The van der Waals surface area contributed by atoms with Crippen LogP contribution in [0.25, 0.3) is 6.08 Å². The molecule has 2 aromatic carbocycles. The van der Waals surface area contributed by atoms with Gasteiger partial charge in [-0.3, -0.25) is 14.9 Å². The van der Waals surface area contributed by atoms with Gasteiger partial charge in [0.05, 0.1) is 19.9 Å². The van der Waals surface area contributed by atoms with E-state index in [4.69, 9.17) is 9.47 Å². The Labute approximate surface area is 181 Å². The van der Waals surface area contributed by atoms with Gasteiger partial charge in [-0.2, -0.15) is 0 Å². The third-order valence-corrected chi connectivity index (χ3v) is 5.08. The monoisotopic (exact) mass is 423 g/mol. The summed E-state index contributed by atoms with van der Waals surface area (Å²) in [6, 6.07) is 11.3. The van der Waals surface area contributed by atoms with Crippen molar-refractivity contribution in [3.8, 4) is 11.5 Å². The van der Waals surface area contributed by atoms with Gasteiger partial charge in [-0.25, -0.2) is 9.69 Å². The van der Waals surface area contributed by atoms with Crippen LogP contribution in [0, 0.1) is 0 Å². The number of carbonyl (C=O) groups excluding carboxylic acids is 3. The zero-order valence-electron chi connectivity index (χ0n) is 18.0. The summed E-state index contributed by atoms with van der Waals surface area (Å²) in [6.07, 6.45) is 1.40. The van der Waals surface area contributed by atoms with Crippen LogP contribution in [0.3, 0.4) is 0 Å². The van der Waals surface area contributed by atoms with Crippen molar-refractivity contribution < 1.29 is 23.9 Å². The first-order valence-corrected chi connectivity index (χ1v) is 9.91. The van der Waals surface area contributed by atoms with Crippen LogP contribution in [-0.4, -0.2) is 45.2 Å². The van der Waals surface area contributed by atoms with Gasteiger partial charge < -0.3 is 14.4 Å². The molecule has 3 rings (SSSR count). The first kappa shape index (κ1) is 21.9. The third-order valence-electron chi connectivity index (χ3n) is 5.08. The molecule has 0 radical (unpaired) electrons. The number of nitrogens with zero attached hydrogens (tertiary/aromatic N) is 2. The maximum absolute atomic E-state index is 13.1. The Bertz CT molecular complexity index is 1030. The molecule has 1 N–H and O–H groups in total. The molecule has 0 unspecified atom stereocenters. The van der Waals surface area contributed by atoms with E-state index in [2.05, 4.69) is 24.1 Å². The molecule has 8 heteroatoms. The highest BCUT2D eigenvalue weighted by molar-refractivity contribution is 6.39. The van der Waals surface area contributed by atoms with Crippen LogP contribution in [0.5, 0.6) is 11.5 Å². The van der Waals surface area contributed by atoms with Gasteiger partial charge in [-0.1, -0.05) is 0 Å². The number of amides is 4. The molecule has 0 atom stereocenters. The lowest BCUT2D eigenvalue weighted by Crippen LogP contribution is -2.54. The van der Waals surface area contributed by atoms with Gasteiger partial charge >= 0.3 is 6.03 Å². The number of nitrogens with one attached hydrogen (secondary N) is 1. The second-order valence-corrected chi connectivity index (χ2v) is 6.75. The van der Waals surface area contributed by atoms with Crippen molar-refractivity contribution in [2.75, 3.05) is 37.1 Å². The van der Waals surface area contributed by atoms with Crippen molar-refractivity contribution >= 4 is 35.3 Å². The smallest absolute Gasteiger partial charge is 0.335 e. The van der Waals surface area contributed by atoms with Gasteiger partial charge in [-0.05, 0) is 56.3 Å². The molecule has 2 aromatic rings. The molecule has 4 amide bonds. The number of hydrogen-bond acceptors (Lipinski definition) is 6. The standard InChI is InChI=1S/C23H25N3O5/c1-5-25(6-2)16-8-10-17(11-9-16)26-22(28)19(21(27)24-23(26)29)13-15-7-12-18(30-3)14-20(15)31-4/h7-14H,5-6H2,1-4H3,(H,24,27,29)/b19-13+. The molecule has 0 aliphatic carbocycles. The Morgan fingerprint density at radius 3 is 2.23 bits per heavy atom. The van der Waals surface area contributed by atoms with Gasteiger partial charge in [0, 0.05) is 30.4 Å². The number of rotatable bonds is 7. The number of anilines is 2. The Balaban J connectivity index is 1.97. The summed E-state index contributed by atoms with van der Waals surface area (Å²) >= 11 is 0. The van der Waals surface area contributed by atoms with Gasteiger partial charge in [0.1, 0.15) is 17.1 Å². The molecular weight excluding hydrogens is 398 g/mol. The Hall–Kier alpha value is -3.81. The zero-order valence-corrected chi connectivity index (χ0v) is 18.0. The molecule has 31 heavy (non-hydrogen) atoms. The summed E-state index contributed by atoms with van der Waals surface area (Å²) in [7, 11) is 3.01. The lowest BCUT2D eigenvalue weighted by atomic mass is 10.1. The van der Waals surface area contributed by atoms with Gasteiger partial charge in [0.2, 0.25) is 0 Å². The van der Waals surface area contributed by atoms with E-state index < -0.39 is 17.8 Å². The van der Waals surface area contributed by atoms with Crippen LogP contribution >= 0.6 is 0 Å². The molecule has 0 aromatic heterocycles. The van der Waals surface area contributed by atoms with E-state index in [1.54, 1.807) is 30.3 Å². The average Bonchev–Trinajstić information content (AvgIpc) is 2.78. The topological polar surface area (TPSA) is 88.2 Å². The zero-order chi connectivity index (χ0) is 22.5. The molecule has 162 valence electrons. The van der Waals surface area contributed by atoms with E-state index in [1.807, 2.05) is 12.1 Å². The highest BCUT2D eigenvalue weighted by atomic mass is 16.5. The average molecular weight is 423 g/mol. The van der Waals surface area contributed by atoms with E-state index in [-0.39, 0.29) is 5.57 Å². The first-order chi connectivity index (χ1) is 14.9. The van der Waals surface area contributed by atoms with E-state index in [0.29, 0.717) is 22.7 Å². The van der Waals surface area contributed by atoms with E-state index >= 15 is 0 Å². The molecular formula is C23H25N3O5. The third kappa shape index (κ3) is 4.37. The van der Waals surface area contributed by atoms with Crippen molar-refractivity contribution in [2.45, 2.75) is 13.8 Å². The SMILES string of the molecule is CCN(CC)c1ccc(N2C(=O)NC(=O)/C(=C\c3ccc(OC)cc3OC)C2=O)cc1. The molecule has 0 bridgehead atoms. The molecule has 1 aliphatic heterocycles. The van der Waals surface area contributed by atoms with Crippen molar-refractivity contribution in [1.29, 1.82) is 0 Å². The molecule has 0 spiro atoms. The number of carbonyl (C=O) groups is 3. The molecule has 0 saturated carbocycles. The summed E-state index contributed by atoms with van der Waals surface area (Å²) in [4.78, 5) is 41.1. The minimum atomic E-state index is -0.788. The van der Waals surface area contributed by atoms with Crippen LogP contribution in [0.4, 0.5) is 16.2 Å². The summed E-state index contributed by atoms with van der Waals surface area (Å²) in [5, 5.41) is 2.23. The fourth-order valence-electron chi connectivity index (χ4n) is 3.39. The summed E-state index contributed by atoms with van der Waals surface area (Å²) in [5.41, 5.74) is 1.69. The lowest BCUT2D eigenvalue weighted by molar-refractivity contribution is -0.122. The van der Waals surface area contributed by atoms with Crippen molar-refractivity contribution in [2.24, 2.45) is 0 Å². The van der Waals surface area contributed by atoms with E-state index in [9.17, 15) is 14.4 Å². The quantitative estimate of drug-likeness (QED) is 0.544. The number of urea groups is 1. The van der Waals surface area contributed by atoms with Crippen LogP contribution in [0.1, 0.15) is 19.4 Å². The predicted octanol–water partition coefficient (Wildman–Crippen LogP) is 3.22. The largest absolute Gasteiger partial charge is 0.497 e. The van der Waals surface area contributed by atoms with Crippen LogP contribution < -0.4 is 24.6 Å². The molecule has 8 nitrogen and oxygen atoms in total. The maximum Gasteiger partial charge on any atom is 0.335 e. The molecule has 1 aliphatic rings. The van der Waals surface area contributed by atoms with Crippen molar-refractivity contribution in [1.82, 2.24) is 5.32 Å². The summed E-state index contributed by atoms with van der Waals surface area (Å²) < 4.78 is 10.5. The normalized spacial score (nSPS) is 15.2. The second kappa shape index (κ2) is 9.34. The Morgan fingerprint density at radius 2 is 1.65 bits per heavy atom. The number of barbiturate groups is 1. The summed E-state index contributed by atoms with van der Waals surface area (Å²) in [5.74, 6) is -0.464. The highest BCUT2D eigenvalue weighted by Gasteiger charge is 2.37. The van der Waals surface area contributed by atoms with Crippen molar-refractivity contribution in [3.63, 3.8) is 0 Å². The number of benzene rings is 2. The number of ether oxygens (including phenoxy) is 2. The fraction of sp³-hybridized carbons (Fsp3) is 0.261. The fourth-order valence-corrected chi connectivity index (χ4v) is 3.39. The van der Waals surface area contributed by atoms with E-state index in [1.165, 1.54) is 20.3 Å². The minimum Gasteiger partial charge on any atom is -0.497 e. The molecule has 1 heterocycles. The van der Waals surface area contributed by atoms with E-state index in [0.717, 1.165) is 23.7 Å². The van der Waals surface area contributed by atoms with Crippen LogP contribution in [0.15, 0.2) is 48.0 Å².